The van der Waals surface area contributed by atoms with Crippen LogP contribution in [0.15, 0.2) is 109 Å². The van der Waals surface area contributed by atoms with Crippen molar-refractivity contribution in [2.24, 2.45) is 0 Å². The molecule has 44 heavy (non-hydrogen) atoms. The molecule has 0 nitrogen and oxygen atoms in total. The molecule has 0 aliphatic carbocycles. The molecule has 0 aliphatic heterocycles. The van der Waals surface area contributed by atoms with Crippen LogP contribution >= 0.6 is 17.0 Å². The van der Waals surface area contributed by atoms with Crippen molar-refractivity contribution < 1.29 is 20.8 Å². The first kappa shape index (κ1) is 36.3. The summed E-state index contributed by atoms with van der Waals surface area (Å²) in [5.41, 5.74) is 11.0. The van der Waals surface area contributed by atoms with E-state index in [2.05, 4.69) is 150 Å². The van der Waals surface area contributed by atoms with Crippen molar-refractivity contribution in [3.63, 3.8) is 0 Å². The molecule has 4 heteroatoms. The third kappa shape index (κ3) is 9.89. The first-order chi connectivity index (χ1) is 21.4. The van der Waals surface area contributed by atoms with Crippen LogP contribution in [0, 0.1) is 13.8 Å². The van der Waals surface area contributed by atoms with Gasteiger partial charge in [-0.25, -0.2) is 0 Å². The summed E-state index contributed by atoms with van der Waals surface area (Å²) in [6.07, 6.45) is 4.75. The van der Waals surface area contributed by atoms with Gasteiger partial charge < -0.3 is 0 Å². The van der Waals surface area contributed by atoms with Gasteiger partial charge in [-0.05, 0) is 37.8 Å². The molecule has 0 unspecified atom stereocenters. The first-order valence-corrected chi connectivity index (χ1v) is 23.8. The van der Waals surface area contributed by atoms with Gasteiger partial charge in [0.1, 0.15) is 0 Å². The number of aryl methyl sites for hydroxylation is 4. The van der Waals surface area contributed by atoms with E-state index < -0.39 is 20.8 Å². The van der Waals surface area contributed by atoms with Crippen LogP contribution in [0.2, 0.25) is 13.1 Å². The van der Waals surface area contributed by atoms with Gasteiger partial charge in [0.2, 0.25) is 0 Å². The second-order valence-electron chi connectivity index (χ2n) is 11.1. The number of benzene rings is 4. The van der Waals surface area contributed by atoms with Gasteiger partial charge in [-0.1, -0.05) is 123 Å². The molecule has 0 spiro atoms. The molecule has 0 heterocycles. The van der Waals surface area contributed by atoms with E-state index >= 15 is 0 Å². The monoisotopic (exact) mass is 712 g/mol. The summed E-state index contributed by atoms with van der Waals surface area (Å²) in [7, 11) is 11.0. The maximum absolute atomic E-state index is 4.93. The molecule has 0 saturated heterocycles. The van der Waals surface area contributed by atoms with E-state index in [4.69, 9.17) is 17.0 Å². The van der Waals surface area contributed by atoms with Crippen molar-refractivity contribution in [2.45, 2.75) is 66.5 Å². The summed E-state index contributed by atoms with van der Waals surface area (Å²) in [4.78, 5) is 0. The van der Waals surface area contributed by atoms with Gasteiger partial charge in [-0.2, -0.15) is 12.1 Å². The molecule has 0 atom stereocenters. The van der Waals surface area contributed by atoms with Gasteiger partial charge >= 0.3 is 37.9 Å². The van der Waals surface area contributed by atoms with Gasteiger partial charge in [0.25, 0.3) is 0 Å². The molecule has 0 fully saturated rings. The van der Waals surface area contributed by atoms with E-state index in [1.165, 1.54) is 91.7 Å². The number of halogens is 2. The minimum absolute atomic E-state index is 0.826. The van der Waals surface area contributed by atoms with Crippen molar-refractivity contribution in [3.05, 3.63) is 131 Å². The van der Waals surface area contributed by atoms with Crippen molar-refractivity contribution in [3.8, 4) is 22.3 Å². The number of fused-ring (bicyclic) bond motifs is 2. The van der Waals surface area contributed by atoms with Crippen LogP contribution in [0.5, 0.6) is 0 Å². The van der Waals surface area contributed by atoms with E-state index in [0.29, 0.717) is 0 Å². The maximum atomic E-state index is 4.93. The van der Waals surface area contributed by atoms with Gasteiger partial charge in [0.05, 0.1) is 0 Å². The van der Waals surface area contributed by atoms with E-state index in [9.17, 15) is 0 Å². The van der Waals surface area contributed by atoms with Crippen LogP contribution in [-0.4, -0.2) is 9.52 Å². The van der Waals surface area contributed by atoms with Crippen molar-refractivity contribution in [1.82, 2.24) is 0 Å². The summed E-state index contributed by atoms with van der Waals surface area (Å²) in [6, 6.07) is 39.8. The molecule has 0 amide bonds. The zero-order valence-corrected chi connectivity index (χ0v) is 31.9. The zero-order valence-electron chi connectivity index (χ0n) is 27.0. The molecule has 2 radical (unpaired) electrons. The van der Waals surface area contributed by atoms with E-state index in [-0.39, 0.29) is 0 Å². The Morgan fingerprint density at radius 2 is 0.932 bits per heavy atom. The van der Waals surface area contributed by atoms with Crippen molar-refractivity contribution in [2.75, 3.05) is 0 Å². The molecule has 0 bridgehead atoms. The third-order valence-corrected chi connectivity index (χ3v) is 7.52. The van der Waals surface area contributed by atoms with E-state index in [0.717, 1.165) is 9.52 Å². The fourth-order valence-corrected chi connectivity index (χ4v) is 5.75. The first-order valence-electron chi connectivity index (χ1n) is 15.5. The molecule has 6 aromatic rings. The summed E-state index contributed by atoms with van der Waals surface area (Å²) in [5.74, 6) is 0. The fraction of sp³-hybridized carbons (Fsp3) is 0.250. The number of hydrogen-bond donors (Lipinski definition) is 0. The van der Waals surface area contributed by atoms with Gasteiger partial charge in [-0.15, -0.1) is 69.1 Å². The Kier molecular flexibility index (Phi) is 15.9. The molecule has 0 N–H and O–H groups in total. The van der Waals surface area contributed by atoms with Crippen LogP contribution in [0.25, 0.3) is 43.8 Å². The predicted molar refractivity (Wildman–Crippen MR) is 197 cm³/mol. The van der Waals surface area contributed by atoms with E-state index in [1.54, 1.807) is 0 Å². The van der Waals surface area contributed by atoms with Crippen molar-refractivity contribution >= 4 is 48.1 Å². The van der Waals surface area contributed by atoms with Crippen molar-refractivity contribution in [1.29, 1.82) is 0 Å². The Bertz CT molecular complexity index is 1560. The summed E-state index contributed by atoms with van der Waals surface area (Å²) < 4.78 is 0. The Balaban J connectivity index is 0.000000204. The van der Waals surface area contributed by atoms with Crippen LogP contribution in [0.1, 0.15) is 48.9 Å². The number of rotatable bonds is 6. The molecule has 6 rings (SSSR count). The van der Waals surface area contributed by atoms with Gasteiger partial charge in [0, 0.05) is 9.52 Å². The molecular weight excluding hydrogens is 671 g/mol. The second-order valence-corrected chi connectivity index (χ2v) is 15.8. The Labute approximate surface area is 287 Å². The average molecular weight is 715 g/mol. The van der Waals surface area contributed by atoms with Gasteiger partial charge in [-0.3, -0.25) is 0 Å². The molecular formula is C40H44Cl2SiZr. The predicted octanol–water partition coefficient (Wildman–Crippen LogP) is 13.1. The van der Waals surface area contributed by atoms with Crippen LogP contribution in [-0.2, 0) is 33.7 Å². The Hall–Kier alpha value is -2.22. The molecule has 226 valence electrons. The summed E-state index contributed by atoms with van der Waals surface area (Å²) in [6.45, 7) is 13.2. The SMILES string of the molecule is CCCc1cc2c(-c3ccccc3)c(C)ccc2[cH-]1.CCCc1cc2c(-c3ccccc3)c(C)ccc2[cH-]1.C[Si]C.[Cl][Zr+2][Cl]. The van der Waals surface area contributed by atoms with Gasteiger partial charge in [0.15, 0.2) is 0 Å². The fourth-order valence-electron chi connectivity index (χ4n) is 5.75. The molecule has 6 aromatic carbocycles. The summed E-state index contributed by atoms with van der Waals surface area (Å²) in [5, 5.41) is 5.53. The molecule has 0 aromatic heterocycles. The molecule has 0 saturated carbocycles. The topological polar surface area (TPSA) is 0 Å². The minimum atomic E-state index is -0.826. The van der Waals surface area contributed by atoms with E-state index in [1.807, 2.05) is 0 Å². The Morgan fingerprint density at radius 1 is 0.591 bits per heavy atom. The van der Waals surface area contributed by atoms with Crippen LogP contribution in [0.3, 0.4) is 0 Å². The van der Waals surface area contributed by atoms with Crippen LogP contribution in [0.4, 0.5) is 0 Å². The zero-order chi connectivity index (χ0) is 31.9. The molecule has 0 aliphatic rings. The quantitative estimate of drug-likeness (QED) is 0.119. The summed E-state index contributed by atoms with van der Waals surface area (Å²) >= 11 is -0.826. The Morgan fingerprint density at radius 3 is 1.25 bits per heavy atom. The average Bonchev–Trinajstić information content (AvgIpc) is 3.63. The second kappa shape index (κ2) is 19.3. The van der Waals surface area contributed by atoms with Crippen LogP contribution < -0.4 is 0 Å². The standard InChI is InChI=1S/2C19H19.C2H6Si.2ClH.Zr/c2*1-3-7-15-12-17-11-10-14(2)19(18(17)13-15)16-8-5-4-6-9-16;1-3-2;;;/h2*4-6,8-13H,3,7H2,1-2H3;1-2H3;2*1H;/q2*-1;;;;+4/p-2. The normalized spacial score (nSPS) is 10.2. The third-order valence-electron chi connectivity index (χ3n) is 7.52. The number of hydrogen-bond acceptors (Lipinski definition) is 0.